The van der Waals surface area contributed by atoms with E-state index < -0.39 is 6.04 Å². The van der Waals surface area contributed by atoms with Crippen LogP contribution in [0.5, 0.6) is 17.2 Å². The molecular formula is C28H34BrN5O4. The number of anilines is 2. The Morgan fingerprint density at radius 3 is 2.61 bits per heavy atom. The highest BCUT2D eigenvalue weighted by Gasteiger charge is 2.35. The highest BCUT2D eigenvalue weighted by molar-refractivity contribution is 9.10. The number of hydrogen-bond donors (Lipinski definition) is 2. The molecule has 0 bridgehead atoms. The number of unbranched alkanes of at least 4 members (excludes halogenated alkanes) is 2. The predicted molar refractivity (Wildman–Crippen MR) is 151 cm³/mol. The zero-order valence-corrected chi connectivity index (χ0v) is 23.8. The number of para-hydroxylation sites is 2. The molecule has 0 spiro atoms. The van der Waals surface area contributed by atoms with Gasteiger partial charge in [-0.15, -0.1) is 0 Å². The van der Waals surface area contributed by atoms with E-state index in [1.165, 1.54) is 6.33 Å². The van der Waals surface area contributed by atoms with Crippen molar-refractivity contribution in [2.75, 3.05) is 30.5 Å². The maximum atomic E-state index is 13.8. The average molecular weight is 585 g/mol. The summed E-state index contributed by atoms with van der Waals surface area (Å²) in [5.74, 6) is 2.13. The van der Waals surface area contributed by atoms with Crippen molar-refractivity contribution in [3.8, 4) is 17.2 Å². The molecule has 3 aromatic rings. The number of nitrogens with zero attached hydrogens (tertiary/aromatic N) is 3. The van der Waals surface area contributed by atoms with Gasteiger partial charge in [0.25, 0.3) is 5.91 Å². The first-order valence-corrected chi connectivity index (χ1v) is 13.8. The molecule has 0 saturated heterocycles. The van der Waals surface area contributed by atoms with Crippen LogP contribution in [0.3, 0.4) is 0 Å². The zero-order valence-electron chi connectivity index (χ0n) is 22.2. The van der Waals surface area contributed by atoms with Gasteiger partial charge in [0.05, 0.1) is 35.6 Å². The summed E-state index contributed by atoms with van der Waals surface area (Å²) in [5.41, 5.74) is 2.57. The van der Waals surface area contributed by atoms with Gasteiger partial charge in [0.15, 0.2) is 11.5 Å². The number of halogens is 1. The Morgan fingerprint density at radius 2 is 1.84 bits per heavy atom. The van der Waals surface area contributed by atoms with Crippen molar-refractivity contribution >= 4 is 33.5 Å². The summed E-state index contributed by atoms with van der Waals surface area (Å²) >= 11 is 3.69. The summed E-state index contributed by atoms with van der Waals surface area (Å²) in [5, 5.41) is 10.7. The van der Waals surface area contributed by atoms with Gasteiger partial charge in [-0.1, -0.05) is 31.9 Å². The van der Waals surface area contributed by atoms with Crippen molar-refractivity contribution in [3.05, 3.63) is 64.0 Å². The number of amides is 1. The fourth-order valence-corrected chi connectivity index (χ4v) is 4.98. The van der Waals surface area contributed by atoms with E-state index in [0.717, 1.165) is 29.3 Å². The third-order valence-corrected chi connectivity index (χ3v) is 6.70. The SMILES string of the molecule is CCCCCOc1c(Br)cc(C2C(C(=O)Nc3ccccc3OCC)=C(C)Nc3ncnn32)cc1OCC. The Labute approximate surface area is 231 Å². The van der Waals surface area contributed by atoms with Crippen LogP contribution in [-0.4, -0.2) is 40.5 Å². The normalized spacial score (nSPS) is 14.5. The topological polar surface area (TPSA) is 99.5 Å². The highest BCUT2D eigenvalue weighted by atomic mass is 79.9. The van der Waals surface area contributed by atoms with Crippen LogP contribution in [0.15, 0.2) is 58.5 Å². The summed E-state index contributed by atoms with van der Waals surface area (Å²) in [6.45, 7) is 9.41. The van der Waals surface area contributed by atoms with Crippen molar-refractivity contribution in [3.63, 3.8) is 0 Å². The van der Waals surface area contributed by atoms with Crippen LogP contribution in [0.1, 0.15) is 58.6 Å². The van der Waals surface area contributed by atoms with Crippen LogP contribution in [-0.2, 0) is 4.79 Å². The number of hydrogen-bond acceptors (Lipinski definition) is 7. The average Bonchev–Trinajstić information content (AvgIpc) is 3.36. The molecule has 1 aromatic heterocycles. The largest absolute Gasteiger partial charge is 0.492 e. The summed E-state index contributed by atoms with van der Waals surface area (Å²) in [7, 11) is 0. The maximum absolute atomic E-state index is 13.8. The van der Waals surface area contributed by atoms with Crippen LogP contribution in [0.25, 0.3) is 0 Å². The van der Waals surface area contributed by atoms with Crippen LogP contribution in [0.2, 0.25) is 0 Å². The molecule has 2 heterocycles. The summed E-state index contributed by atoms with van der Waals surface area (Å²) < 4.78 is 20.3. The van der Waals surface area contributed by atoms with Gasteiger partial charge in [-0.2, -0.15) is 10.1 Å². The molecule has 9 nitrogen and oxygen atoms in total. The van der Waals surface area contributed by atoms with Crippen molar-refractivity contribution in [2.45, 2.75) is 53.0 Å². The Morgan fingerprint density at radius 1 is 1.08 bits per heavy atom. The van der Waals surface area contributed by atoms with Crippen molar-refractivity contribution in [1.29, 1.82) is 0 Å². The van der Waals surface area contributed by atoms with E-state index in [2.05, 4.69) is 43.6 Å². The second-order valence-corrected chi connectivity index (χ2v) is 9.65. The quantitative estimate of drug-likeness (QED) is 0.240. The van der Waals surface area contributed by atoms with E-state index in [9.17, 15) is 4.79 Å². The van der Waals surface area contributed by atoms with Gasteiger partial charge in [0, 0.05) is 5.70 Å². The van der Waals surface area contributed by atoms with E-state index in [4.69, 9.17) is 14.2 Å². The molecule has 4 rings (SSSR count). The molecule has 1 unspecified atom stereocenters. The number of ether oxygens (including phenoxy) is 3. The second kappa shape index (κ2) is 12.8. The summed E-state index contributed by atoms with van der Waals surface area (Å²) in [6, 6.07) is 10.7. The van der Waals surface area contributed by atoms with E-state index >= 15 is 0 Å². The molecule has 2 aromatic carbocycles. The first kappa shape index (κ1) is 27.5. The Balaban J connectivity index is 1.74. The molecule has 1 amide bonds. The molecule has 1 aliphatic rings. The molecule has 0 fully saturated rings. The number of nitrogens with one attached hydrogen (secondary N) is 2. The minimum atomic E-state index is -0.558. The number of carbonyl (C=O) groups excluding carboxylic acids is 1. The molecule has 0 aliphatic carbocycles. The van der Waals surface area contributed by atoms with Gasteiger partial charge in [-0.25, -0.2) is 4.68 Å². The van der Waals surface area contributed by atoms with E-state index in [0.29, 0.717) is 60.0 Å². The molecule has 2 N–H and O–H groups in total. The fourth-order valence-electron chi connectivity index (χ4n) is 4.41. The lowest BCUT2D eigenvalue weighted by atomic mass is 9.94. The fraction of sp³-hybridized carbons (Fsp3) is 0.393. The minimum absolute atomic E-state index is 0.276. The Bertz CT molecular complexity index is 1310. The highest BCUT2D eigenvalue weighted by Crippen LogP contribution is 2.43. The summed E-state index contributed by atoms with van der Waals surface area (Å²) in [6.07, 6.45) is 4.64. The minimum Gasteiger partial charge on any atom is -0.492 e. The van der Waals surface area contributed by atoms with Crippen molar-refractivity contribution in [1.82, 2.24) is 14.8 Å². The number of aromatic nitrogens is 3. The summed E-state index contributed by atoms with van der Waals surface area (Å²) in [4.78, 5) is 18.2. The van der Waals surface area contributed by atoms with Gasteiger partial charge >= 0.3 is 0 Å². The van der Waals surface area contributed by atoms with Gasteiger partial charge < -0.3 is 24.8 Å². The third-order valence-electron chi connectivity index (χ3n) is 6.12. The first-order valence-electron chi connectivity index (χ1n) is 13.0. The molecule has 0 radical (unpaired) electrons. The molecule has 202 valence electrons. The third kappa shape index (κ3) is 5.96. The Kier molecular flexibility index (Phi) is 9.28. The van der Waals surface area contributed by atoms with Gasteiger partial charge in [-0.3, -0.25) is 4.79 Å². The van der Waals surface area contributed by atoms with Crippen LogP contribution in [0.4, 0.5) is 11.6 Å². The lowest BCUT2D eigenvalue weighted by Crippen LogP contribution is -2.31. The first-order chi connectivity index (χ1) is 18.5. The smallest absolute Gasteiger partial charge is 0.255 e. The van der Waals surface area contributed by atoms with Gasteiger partial charge in [-0.05, 0) is 73.0 Å². The lowest BCUT2D eigenvalue weighted by Gasteiger charge is -2.29. The van der Waals surface area contributed by atoms with Gasteiger partial charge in [0.1, 0.15) is 18.1 Å². The zero-order chi connectivity index (χ0) is 27.1. The second-order valence-electron chi connectivity index (χ2n) is 8.80. The molecule has 38 heavy (non-hydrogen) atoms. The van der Waals surface area contributed by atoms with Crippen molar-refractivity contribution < 1.29 is 19.0 Å². The molecule has 1 atom stereocenters. The number of fused-ring (bicyclic) bond motifs is 1. The van der Waals surface area contributed by atoms with Crippen molar-refractivity contribution in [2.24, 2.45) is 0 Å². The molecule has 0 saturated carbocycles. The van der Waals surface area contributed by atoms with E-state index in [1.54, 1.807) is 4.68 Å². The molecule has 1 aliphatic heterocycles. The molecule has 10 heteroatoms. The standard InChI is InChI=1S/C28H34BrN5O4/c1-5-8-11-14-38-26-20(29)15-19(16-23(26)37-7-3)25-24(18(4)32-28-30-17-31-34(25)28)27(35)33-21-12-9-10-13-22(21)36-6-2/h9-10,12-13,15-17,25H,5-8,11,14H2,1-4H3,(H,33,35)(H,30,31,32). The Hall–Kier alpha value is -3.53. The number of rotatable bonds is 12. The number of benzene rings is 2. The van der Waals surface area contributed by atoms with Gasteiger partial charge in [0.2, 0.25) is 5.95 Å². The monoisotopic (exact) mass is 583 g/mol. The number of allylic oxidation sites excluding steroid dienone is 1. The van der Waals surface area contributed by atoms with Crippen LogP contribution < -0.4 is 24.8 Å². The van der Waals surface area contributed by atoms with Crippen LogP contribution >= 0.6 is 15.9 Å². The predicted octanol–water partition coefficient (Wildman–Crippen LogP) is 6.33. The number of carbonyl (C=O) groups is 1. The lowest BCUT2D eigenvalue weighted by molar-refractivity contribution is -0.113. The van der Waals surface area contributed by atoms with Crippen LogP contribution in [0, 0.1) is 0 Å². The van der Waals surface area contributed by atoms with E-state index in [-0.39, 0.29) is 5.91 Å². The maximum Gasteiger partial charge on any atom is 0.255 e. The molecular weight excluding hydrogens is 550 g/mol. The van der Waals surface area contributed by atoms with E-state index in [1.807, 2.05) is 57.2 Å².